The highest BCUT2D eigenvalue weighted by Gasteiger charge is 2.20. The van der Waals surface area contributed by atoms with Gasteiger partial charge in [-0.15, -0.1) is 0 Å². The fraction of sp³-hybridized carbons (Fsp3) is 0.526. The Balaban J connectivity index is 1.80. The normalized spacial score (nSPS) is 15.1. The summed E-state index contributed by atoms with van der Waals surface area (Å²) in [4.78, 5) is 36.8. The lowest BCUT2D eigenvalue weighted by Gasteiger charge is -2.16. The molecule has 1 aromatic rings. The molecule has 2 rings (SSSR count). The predicted molar refractivity (Wildman–Crippen MR) is 93.4 cm³/mol. The Hall–Kier alpha value is -2.37. The van der Waals surface area contributed by atoms with Gasteiger partial charge in [-0.05, 0) is 23.5 Å². The van der Waals surface area contributed by atoms with Crippen molar-refractivity contribution < 1.29 is 19.1 Å². The van der Waals surface area contributed by atoms with E-state index in [0.717, 1.165) is 24.1 Å². The lowest BCUT2D eigenvalue weighted by Crippen LogP contribution is -2.26. The highest BCUT2D eigenvalue weighted by atomic mass is 16.5. The van der Waals surface area contributed by atoms with Crippen LogP contribution in [0.3, 0.4) is 0 Å². The van der Waals surface area contributed by atoms with Crippen molar-refractivity contribution in [2.24, 2.45) is 5.92 Å². The molecule has 6 nitrogen and oxygen atoms in total. The van der Waals surface area contributed by atoms with Crippen molar-refractivity contribution in [2.75, 3.05) is 13.7 Å². The predicted octanol–water partition coefficient (Wildman–Crippen LogP) is 2.01. The standard InChI is InChI=1S/C19H26N2O4/c1-14(10-19(24)25-2)9-17(22)20-12-15-5-3-6-16(11-15)13-21-8-4-7-18(21)23/h3,5-6,11,14H,4,7-10,12-13H2,1-2H3,(H,20,22)/t14-/m1/s1. The number of methoxy groups -OCH3 is 1. The van der Waals surface area contributed by atoms with Crippen LogP contribution >= 0.6 is 0 Å². The van der Waals surface area contributed by atoms with Gasteiger partial charge >= 0.3 is 5.97 Å². The van der Waals surface area contributed by atoms with Crippen LogP contribution in [-0.2, 0) is 32.2 Å². The second kappa shape index (κ2) is 9.20. The Kier molecular flexibility index (Phi) is 6.98. The third-order valence-corrected chi connectivity index (χ3v) is 4.30. The fourth-order valence-electron chi connectivity index (χ4n) is 2.96. The van der Waals surface area contributed by atoms with Crippen LogP contribution in [0.2, 0.25) is 0 Å². The van der Waals surface area contributed by atoms with Crippen molar-refractivity contribution in [3.63, 3.8) is 0 Å². The number of rotatable bonds is 8. The van der Waals surface area contributed by atoms with Crippen molar-refractivity contribution in [2.45, 2.75) is 45.7 Å². The number of nitrogens with zero attached hydrogens (tertiary/aromatic N) is 1. The highest BCUT2D eigenvalue weighted by molar-refractivity contribution is 5.78. The Morgan fingerprint density at radius 2 is 2.04 bits per heavy atom. The SMILES string of the molecule is COC(=O)C[C@H](C)CC(=O)NCc1cccc(CN2CCCC2=O)c1. The van der Waals surface area contributed by atoms with Crippen LogP contribution in [0.25, 0.3) is 0 Å². The monoisotopic (exact) mass is 346 g/mol. The van der Waals surface area contributed by atoms with Gasteiger partial charge in [0.05, 0.1) is 7.11 Å². The fourth-order valence-corrected chi connectivity index (χ4v) is 2.96. The third kappa shape index (κ3) is 6.21. The molecule has 1 aromatic carbocycles. The van der Waals surface area contributed by atoms with Crippen LogP contribution in [0.5, 0.6) is 0 Å². The van der Waals surface area contributed by atoms with E-state index in [4.69, 9.17) is 0 Å². The summed E-state index contributed by atoms with van der Waals surface area (Å²) in [5.74, 6) is -0.237. The van der Waals surface area contributed by atoms with Gasteiger partial charge in [0.1, 0.15) is 0 Å². The van der Waals surface area contributed by atoms with E-state index < -0.39 is 0 Å². The van der Waals surface area contributed by atoms with Crippen molar-refractivity contribution in [3.05, 3.63) is 35.4 Å². The summed E-state index contributed by atoms with van der Waals surface area (Å²) < 4.78 is 4.61. The van der Waals surface area contributed by atoms with Gasteiger partial charge in [-0.25, -0.2) is 0 Å². The highest BCUT2D eigenvalue weighted by Crippen LogP contribution is 2.15. The first kappa shape index (κ1) is 19.0. The van der Waals surface area contributed by atoms with Gasteiger partial charge < -0.3 is 15.0 Å². The Morgan fingerprint density at radius 3 is 2.72 bits per heavy atom. The molecule has 1 N–H and O–H groups in total. The van der Waals surface area contributed by atoms with E-state index in [1.165, 1.54) is 7.11 Å². The van der Waals surface area contributed by atoms with Gasteiger partial charge in [-0.1, -0.05) is 31.2 Å². The van der Waals surface area contributed by atoms with E-state index in [9.17, 15) is 14.4 Å². The quantitative estimate of drug-likeness (QED) is 0.731. The second-order valence-electron chi connectivity index (χ2n) is 6.61. The zero-order valence-corrected chi connectivity index (χ0v) is 14.9. The average Bonchev–Trinajstić information content (AvgIpc) is 2.98. The third-order valence-electron chi connectivity index (χ3n) is 4.30. The molecule has 0 radical (unpaired) electrons. The minimum absolute atomic E-state index is 0.0556. The number of carbonyl (C=O) groups is 3. The molecule has 0 bridgehead atoms. The summed E-state index contributed by atoms with van der Waals surface area (Å²) in [6.45, 7) is 3.73. The zero-order chi connectivity index (χ0) is 18.2. The first-order valence-corrected chi connectivity index (χ1v) is 8.67. The molecule has 136 valence electrons. The van der Waals surface area contributed by atoms with Crippen molar-refractivity contribution in [3.8, 4) is 0 Å². The molecule has 1 aliphatic heterocycles. The summed E-state index contributed by atoms with van der Waals surface area (Å²) in [7, 11) is 1.35. The van der Waals surface area contributed by atoms with Crippen LogP contribution in [0.1, 0.15) is 43.7 Å². The van der Waals surface area contributed by atoms with Crippen molar-refractivity contribution in [1.29, 1.82) is 0 Å². The van der Waals surface area contributed by atoms with Gasteiger partial charge in [0.2, 0.25) is 11.8 Å². The first-order chi connectivity index (χ1) is 12.0. The molecule has 25 heavy (non-hydrogen) atoms. The Labute approximate surface area is 148 Å². The lowest BCUT2D eigenvalue weighted by atomic mass is 10.0. The van der Waals surface area contributed by atoms with E-state index >= 15 is 0 Å². The van der Waals surface area contributed by atoms with Gasteiger partial charge in [-0.2, -0.15) is 0 Å². The summed E-state index contributed by atoms with van der Waals surface area (Å²) in [6, 6.07) is 7.91. The Morgan fingerprint density at radius 1 is 1.28 bits per heavy atom. The molecule has 1 aliphatic rings. The number of carbonyl (C=O) groups excluding carboxylic acids is 3. The van der Waals surface area contributed by atoms with Gasteiger partial charge in [0.25, 0.3) is 0 Å². The number of likely N-dealkylation sites (tertiary alicyclic amines) is 1. The molecule has 0 spiro atoms. The van der Waals surface area contributed by atoms with E-state index in [2.05, 4.69) is 10.1 Å². The van der Waals surface area contributed by atoms with E-state index in [1.54, 1.807) is 0 Å². The number of benzene rings is 1. The topological polar surface area (TPSA) is 75.7 Å². The van der Waals surface area contributed by atoms with Gasteiger partial charge in [0, 0.05) is 38.9 Å². The second-order valence-corrected chi connectivity index (χ2v) is 6.61. The maximum Gasteiger partial charge on any atom is 0.305 e. The number of nitrogens with one attached hydrogen (secondary N) is 1. The summed E-state index contributed by atoms with van der Waals surface area (Å²) in [6.07, 6.45) is 2.10. The van der Waals surface area contributed by atoms with Crippen LogP contribution in [0.4, 0.5) is 0 Å². The van der Waals surface area contributed by atoms with Crippen LogP contribution in [-0.4, -0.2) is 36.3 Å². The number of esters is 1. The molecule has 0 unspecified atom stereocenters. The number of ether oxygens (including phenoxy) is 1. The number of amides is 2. The first-order valence-electron chi connectivity index (χ1n) is 8.67. The van der Waals surface area contributed by atoms with Crippen LogP contribution in [0.15, 0.2) is 24.3 Å². The van der Waals surface area contributed by atoms with Crippen LogP contribution in [0, 0.1) is 5.92 Å². The number of hydrogen-bond donors (Lipinski definition) is 1. The Bertz CT molecular complexity index is 630. The van der Waals surface area contributed by atoms with Crippen LogP contribution < -0.4 is 5.32 Å². The average molecular weight is 346 g/mol. The molecule has 0 aliphatic carbocycles. The molecule has 2 amide bonds. The van der Waals surface area contributed by atoms with Crippen molar-refractivity contribution >= 4 is 17.8 Å². The molecule has 1 saturated heterocycles. The summed E-state index contributed by atoms with van der Waals surface area (Å²) in [5, 5.41) is 2.88. The van der Waals surface area contributed by atoms with Crippen molar-refractivity contribution in [1.82, 2.24) is 10.2 Å². The number of hydrogen-bond acceptors (Lipinski definition) is 4. The molecule has 1 fully saturated rings. The van der Waals surface area contributed by atoms with Gasteiger partial charge in [-0.3, -0.25) is 14.4 Å². The van der Waals surface area contributed by atoms with E-state index in [1.807, 2.05) is 36.1 Å². The molecular formula is C19H26N2O4. The zero-order valence-electron chi connectivity index (χ0n) is 14.9. The maximum atomic E-state index is 12.0. The minimum atomic E-state index is -0.301. The molecule has 0 aromatic heterocycles. The molecule has 6 heteroatoms. The summed E-state index contributed by atoms with van der Waals surface area (Å²) >= 11 is 0. The maximum absolute atomic E-state index is 12.0. The molecular weight excluding hydrogens is 320 g/mol. The molecule has 1 atom stereocenters. The largest absolute Gasteiger partial charge is 0.469 e. The molecule has 1 heterocycles. The smallest absolute Gasteiger partial charge is 0.305 e. The molecule has 0 saturated carbocycles. The van der Waals surface area contributed by atoms with E-state index in [0.29, 0.717) is 19.5 Å². The van der Waals surface area contributed by atoms with Gasteiger partial charge in [0.15, 0.2) is 0 Å². The van der Waals surface area contributed by atoms with E-state index in [-0.39, 0.29) is 36.5 Å². The minimum Gasteiger partial charge on any atom is -0.469 e. The summed E-state index contributed by atoms with van der Waals surface area (Å²) in [5.41, 5.74) is 2.07. The lowest BCUT2D eigenvalue weighted by molar-refractivity contribution is -0.141.